The lowest BCUT2D eigenvalue weighted by molar-refractivity contribution is 0.123. The molecule has 4 heteroatoms. The van der Waals surface area contributed by atoms with Crippen molar-refractivity contribution in [3.05, 3.63) is 35.6 Å². The maximum absolute atomic E-state index is 12.9. The van der Waals surface area contributed by atoms with E-state index in [1.807, 2.05) is 13.0 Å². The van der Waals surface area contributed by atoms with Crippen LogP contribution in [0.5, 0.6) is 0 Å². The molecule has 0 bridgehead atoms. The van der Waals surface area contributed by atoms with Crippen LogP contribution in [0.25, 0.3) is 0 Å². The predicted molar refractivity (Wildman–Crippen MR) is 57.7 cm³/mol. The van der Waals surface area contributed by atoms with Gasteiger partial charge in [0.15, 0.2) is 0 Å². The van der Waals surface area contributed by atoms with E-state index in [-0.39, 0.29) is 11.9 Å². The zero-order valence-electron chi connectivity index (χ0n) is 8.87. The Labute approximate surface area is 89.4 Å². The Balaban J connectivity index is 2.50. The van der Waals surface area contributed by atoms with Gasteiger partial charge in [-0.25, -0.2) is 4.39 Å². The first-order chi connectivity index (χ1) is 7.26. The highest BCUT2D eigenvalue weighted by molar-refractivity contribution is 5.17. The number of ether oxygens (including phenoxy) is 1. The molecule has 0 radical (unpaired) electrons. The molecule has 3 nitrogen and oxygen atoms in total. The van der Waals surface area contributed by atoms with E-state index in [1.54, 1.807) is 6.07 Å². The standard InChI is InChI=1S/C11H17FN2O/c1-2-15-8-11(14-13)7-9-4-3-5-10(12)6-9/h3-6,11,14H,2,7-8,13H2,1H3. The second-order valence-electron chi connectivity index (χ2n) is 3.36. The van der Waals surface area contributed by atoms with Gasteiger partial charge in [0, 0.05) is 12.6 Å². The largest absolute Gasteiger partial charge is 0.380 e. The van der Waals surface area contributed by atoms with E-state index < -0.39 is 0 Å². The molecule has 1 unspecified atom stereocenters. The third-order valence-corrected chi connectivity index (χ3v) is 2.13. The molecule has 0 saturated carbocycles. The fraction of sp³-hybridized carbons (Fsp3) is 0.455. The number of rotatable bonds is 6. The van der Waals surface area contributed by atoms with E-state index in [0.29, 0.717) is 19.6 Å². The van der Waals surface area contributed by atoms with Crippen molar-refractivity contribution >= 4 is 0 Å². The van der Waals surface area contributed by atoms with Gasteiger partial charge in [0.25, 0.3) is 0 Å². The Bertz CT molecular complexity index is 294. The monoisotopic (exact) mass is 212 g/mol. The van der Waals surface area contributed by atoms with Crippen LogP contribution in [0, 0.1) is 5.82 Å². The number of hydrogen-bond donors (Lipinski definition) is 2. The third kappa shape index (κ3) is 4.38. The number of nitrogens with one attached hydrogen (secondary N) is 1. The molecular formula is C11H17FN2O. The van der Waals surface area contributed by atoms with Crippen molar-refractivity contribution in [2.75, 3.05) is 13.2 Å². The Hall–Kier alpha value is -0.970. The van der Waals surface area contributed by atoms with Crippen molar-refractivity contribution in [3.63, 3.8) is 0 Å². The first-order valence-corrected chi connectivity index (χ1v) is 5.04. The maximum Gasteiger partial charge on any atom is 0.123 e. The quantitative estimate of drug-likeness (QED) is 0.551. The molecule has 0 aliphatic heterocycles. The highest BCUT2D eigenvalue weighted by Crippen LogP contribution is 2.06. The average Bonchev–Trinajstić information content (AvgIpc) is 2.24. The summed E-state index contributed by atoms with van der Waals surface area (Å²) in [6.45, 7) is 3.11. The van der Waals surface area contributed by atoms with Gasteiger partial charge in [0.2, 0.25) is 0 Å². The van der Waals surface area contributed by atoms with Crippen molar-refractivity contribution in [1.82, 2.24) is 5.43 Å². The second-order valence-corrected chi connectivity index (χ2v) is 3.36. The summed E-state index contributed by atoms with van der Waals surface area (Å²) in [6.07, 6.45) is 0.661. The Morgan fingerprint density at radius 2 is 2.33 bits per heavy atom. The van der Waals surface area contributed by atoms with Crippen LogP contribution in [0.3, 0.4) is 0 Å². The van der Waals surface area contributed by atoms with Crippen LogP contribution < -0.4 is 11.3 Å². The van der Waals surface area contributed by atoms with Crippen LogP contribution in [0.4, 0.5) is 4.39 Å². The summed E-state index contributed by atoms with van der Waals surface area (Å²) in [5.41, 5.74) is 3.57. The van der Waals surface area contributed by atoms with Crippen molar-refractivity contribution < 1.29 is 9.13 Å². The fourth-order valence-corrected chi connectivity index (χ4v) is 1.37. The molecule has 0 amide bonds. The van der Waals surface area contributed by atoms with Crippen molar-refractivity contribution in [1.29, 1.82) is 0 Å². The lowest BCUT2D eigenvalue weighted by Gasteiger charge is -2.15. The second kappa shape index (κ2) is 6.50. The number of hydrogen-bond acceptors (Lipinski definition) is 3. The molecule has 0 saturated heterocycles. The van der Waals surface area contributed by atoms with Gasteiger partial charge in [-0.3, -0.25) is 11.3 Å². The highest BCUT2D eigenvalue weighted by atomic mass is 19.1. The predicted octanol–water partition coefficient (Wildman–Crippen LogP) is 1.24. The van der Waals surface area contributed by atoms with Gasteiger partial charge in [-0.05, 0) is 31.0 Å². The molecule has 0 aromatic heterocycles. The molecule has 1 aromatic carbocycles. The maximum atomic E-state index is 12.9. The molecule has 1 atom stereocenters. The molecule has 0 aliphatic rings. The van der Waals surface area contributed by atoms with Gasteiger partial charge < -0.3 is 4.74 Å². The highest BCUT2D eigenvalue weighted by Gasteiger charge is 2.07. The number of nitrogens with two attached hydrogens (primary N) is 1. The number of benzene rings is 1. The summed E-state index contributed by atoms with van der Waals surface area (Å²) in [5.74, 6) is 5.15. The van der Waals surface area contributed by atoms with Gasteiger partial charge in [-0.15, -0.1) is 0 Å². The Kier molecular flexibility index (Phi) is 5.25. The van der Waals surface area contributed by atoms with Gasteiger partial charge in [0.1, 0.15) is 5.82 Å². The van der Waals surface area contributed by atoms with E-state index >= 15 is 0 Å². The first kappa shape index (κ1) is 12.1. The normalized spacial score (nSPS) is 12.7. The lowest BCUT2D eigenvalue weighted by atomic mass is 10.1. The van der Waals surface area contributed by atoms with Crippen LogP contribution in [-0.4, -0.2) is 19.3 Å². The van der Waals surface area contributed by atoms with Gasteiger partial charge >= 0.3 is 0 Å². The zero-order chi connectivity index (χ0) is 11.1. The molecule has 0 heterocycles. The molecule has 1 rings (SSSR count). The minimum absolute atomic E-state index is 0.0201. The molecule has 3 N–H and O–H groups in total. The summed E-state index contributed by atoms with van der Waals surface area (Å²) in [4.78, 5) is 0. The molecule has 84 valence electrons. The SMILES string of the molecule is CCOCC(Cc1cccc(F)c1)NN. The van der Waals surface area contributed by atoms with Crippen LogP contribution in [0.15, 0.2) is 24.3 Å². The first-order valence-electron chi connectivity index (χ1n) is 5.04. The number of halogens is 1. The molecule has 0 aliphatic carbocycles. The van der Waals surface area contributed by atoms with Crippen molar-refractivity contribution in [2.45, 2.75) is 19.4 Å². The third-order valence-electron chi connectivity index (χ3n) is 2.13. The van der Waals surface area contributed by atoms with Crippen molar-refractivity contribution in [3.8, 4) is 0 Å². The molecule has 1 aromatic rings. The molecule has 0 spiro atoms. The Morgan fingerprint density at radius 3 is 2.93 bits per heavy atom. The van der Waals surface area contributed by atoms with Gasteiger partial charge in [-0.2, -0.15) is 0 Å². The Morgan fingerprint density at radius 1 is 1.53 bits per heavy atom. The van der Waals surface area contributed by atoms with Crippen LogP contribution in [-0.2, 0) is 11.2 Å². The molecule has 0 fully saturated rings. The lowest BCUT2D eigenvalue weighted by Crippen LogP contribution is -2.40. The summed E-state index contributed by atoms with van der Waals surface area (Å²) >= 11 is 0. The summed E-state index contributed by atoms with van der Waals surface area (Å²) in [5, 5.41) is 0. The van der Waals surface area contributed by atoms with E-state index in [9.17, 15) is 4.39 Å². The topological polar surface area (TPSA) is 47.3 Å². The minimum atomic E-state index is -0.223. The van der Waals surface area contributed by atoms with Crippen molar-refractivity contribution in [2.24, 2.45) is 5.84 Å². The minimum Gasteiger partial charge on any atom is -0.380 e. The summed E-state index contributed by atoms with van der Waals surface area (Å²) in [6, 6.07) is 6.53. The van der Waals surface area contributed by atoms with Crippen LogP contribution in [0.2, 0.25) is 0 Å². The van der Waals surface area contributed by atoms with Crippen LogP contribution in [0.1, 0.15) is 12.5 Å². The molecular weight excluding hydrogens is 195 g/mol. The average molecular weight is 212 g/mol. The smallest absolute Gasteiger partial charge is 0.123 e. The van der Waals surface area contributed by atoms with Crippen LogP contribution >= 0.6 is 0 Å². The van der Waals surface area contributed by atoms with E-state index in [0.717, 1.165) is 5.56 Å². The van der Waals surface area contributed by atoms with E-state index in [1.165, 1.54) is 12.1 Å². The molecule has 15 heavy (non-hydrogen) atoms. The van der Waals surface area contributed by atoms with E-state index in [4.69, 9.17) is 10.6 Å². The fourth-order valence-electron chi connectivity index (χ4n) is 1.37. The zero-order valence-corrected chi connectivity index (χ0v) is 8.87. The number of hydrazine groups is 1. The van der Waals surface area contributed by atoms with E-state index in [2.05, 4.69) is 5.43 Å². The van der Waals surface area contributed by atoms with Gasteiger partial charge in [-0.1, -0.05) is 12.1 Å². The summed E-state index contributed by atoms with van der Waals surface area (Å²) in [7, 11) is 0. The van der Waals surface area contributed by atoms with Gasteiger partial charge in [0.05, 0.1) is 6.61 Å². The summed E-state index contributed by atoms with van der Waals surface area (Å²) < 4.78 is 18.1.